The molecule has 0 bridgehead atoms. The lowest BCUT2D eigenvalue weighted by Gasteiger charge is -2.14. The lowest BCUT2D eigenvalue weighted by molar-refractivity contribution is 0.319. The van der Waals surface area contributed by atoms with Crippen molar-refractivity contribution in [3.8, 4) is 0 Å². The maximum atomic E-state index is 11.1. The van der Waals surface area contributed by atoms with E-state index in [-0.39, 0.29) is 0 Å². The van der Waals surface area contributed by atoms with Gasteiger partial charge in [-0.15, -0.1) is 0 Å². The second kappa shape index (κ2) is 4.56. The summed E-state index contributed by atoms with van der Waals surface area (Å²) in [6.45, 7) is 0. The molecule has 0 spiro atoms. The highest BCUT2D eigenvalue weighted by Gasteiger charge is 2.36. The molecule has 11 heteroatoms. The zero-order valence-corrected chi connectivity index (χ0v) is 9.86. The molecule has 0 aromatic carbocycles. The molecule has 2 atom stereocenters. The summed E-state index contributed by atoms with van der Waals surface area (Å²) in [5, 5.41) is 0. The highest BCUT2D eigenvalue weighted by atomic mass is 31.3. The zero-order chi connectivity index (χ0) is 11.6. The summed E-state index contributed by atoms with van der Waals surface area (Å²) in [6, 6.07) is 0. The fraction of sp³-hybridized carbons (Fsp3) is 1.00. The van der Waals surface area contributed by atoms with Crippen LogP contribution in [0, 0.1) is 0 Å². The van der Waals surface area contributed by atoms with Crippen molar-refractivity contribution < 1.29 is 37.8 Å². The van der Waals surface area contributed by atoms with E-state index < -0.39 is 34.4 Å². The minimum absolute atomic E-state index is 0.859. The Morgan fingerprint density at radius 3 is 1.71 bits per heavy atom. The normalized spacial score (nSPS) is 21.2. The molecule has 14 heavy (non-hydrogen) atoms. The monoisotopic (exact) mass is 268 g/mol. The zero-order valence-electron chi connectivity index (χ0n) is 7.18. The van der Waals surface area contributed by atoms with E-state index in [1.54, 1.807) is 0 Å². The van der Waals surface area contributed by atoms with Crippen LogP contribution in [0.15, 0.2) is 0 Å². The average molecular weight is 268 g/mol. The molecule has 8 nitrogen and oxygen atoms in total. The van der Waals surface area contributed by atoms with Crippen molar-refractivity contribution in [3.05, 3.63) is 0 Å². The highest BCUT2D eigenvalue weighted by Crippen LogP contribution is 2.62. The fourth-order valence-electron chi connectivity index (χ4n) is 0.670. The minimum atomic E-state index is -4.68. The molecular formula is C3H11O8P3. The van der Waals surface area contributed by atoms with Crippen molar-refractivity contribution in [2.75, 3.05) is 18.9 Å². The molecule has 0 aromatic heterocycles. The Labute approximate surface area is 80.1 Å². The van der Waals surface area contributed by atoms with Gasteiger partial charge in [-0.1, -0.05) is 0 Å². The third-order valence-electron chi connectivity index (χ3n) is 1.09. The van der Waals surface area contributed by atoms with Crippen molar-refractivity contribution in [1.29, 1.82) is 0 Å². The molecule has 0 fully saturated rings. The van der Waals surface area contributed by atoms with Gasteiger partial charge in [0.25, 0.3) is 0 Å². The molecule has 2 unspecified atom stereocenters. The van der Waals surface area contributed by atoms with Crippen molar-refractivity contribution in [2.24, 2.45) is 0 Å². The Bertz CT molecular complexity index is 329. The maximum Gasteiger partial charge on any atom is 0.337 e. The molecule has 0 heterocycles. The first kappa shape index (κ1) is 14.5. The number of hydrogen-bond donors (Lipinski definition) is 4. The Morgan fingerprint density at radius 2 is 1.43 bits per heavy atom. The van der Waals surface area contributed by atoms with Crippen molar-refractivity contribution in [1.82, 2.24) is 0 Å². The second-order valence-electron chi connectivity index (χ2n) is 2.61. The summed E-state index contributed by atoms with van der Waals surface area (Å²) in [5.74, 6) is -2.49. The largest absolute Gasteiger partial charge is 0.343 e. The Kier molecular flexibility index (Phi) is 4.72. The van der Waals surface area contributed by atoms with E-state index >= 15 is 0 Å². The van der Waals surface area contributed by atoms with Crippen LogP contribution < -0.4 is 0 Å². The van der Waals surface area contributed by atoms with E-state index in [9.17, 15) is 13.7 Å². The van der Waals surface area contributed by atoms with Crippen LogP contribution in [0.5, 0.6) is 0 Å². The van der Waals surface area contributed by atoms with E-state index in [0.29, 0.717) is 0 Å². The average Bonchev–Trinajstić information content (AvgIpc) is 1.78. The molecule has 0 aromatic rings. The van der Waals surface area contributed by atoms with Gasteiger partial charge in [0.15, 0.2) is 0 Å². The van der Waals surface area contributed by atoms with Crippen LogP contribution in [-0.4, -0.2) is 38.5 Å². The van der Waals surface area contributed by atoms with Gasteiger partial charge in [-0.3, -0.25) is 13.7 Å². The van der Waals surface area contributed by atoms with Crippen LogP contribution in [0.3, 0.4) is 0 Å². The van der Waals surface area contributed by atoms with Crippen LogP contribution in [0.4, 0.5) is 0 Å². The summed E-state index contributed by atoms with van der Waals surface area (Å²) in [6.07, 6.45) is 0. The molecule has 86 valence electrons. The lowest BCUT2D eigenvalue weighted by atomic mass is 11.8. The summed E-state index contributed by atoms with van der Waals surface area (Å²) in [5.41, 5.74) is 0. The molecule has 0 aliphatic heterocycles. The van der Waals surface area contributed by atoms with Gasteiger partial charge >= 0.3 is 15.2 Å². The topological polar surface area (TPSA) is 141 Å². The van der Waals surface area contributed by atoms with Gasteiger partial charge in [0.1, 0.15) is 11.8 Å². The van der Waals surface area contributed by atoms with Crippen LogP contribution in [0.1, 0.15) is 0 Å². The lowest BCUT2D eigenvalue weighted by Crippen LogP contribution is -1.98. The van der Waals surface area contributed by atoms with Crippen LogP contribution in [0.25, 0.3) is 0 Å². The highest BCUT2D eigenvalue weighted by molar-refractivity contribution is 7.79. The van der Waals surface area contributed by atoms with Crippen molar-refractivity contribution in [2.45, 2.75) is 0 Å². The van der Waals surface area contributed by atoms with Crippen molar-refractivity contribution in [3.63, 3.8) is 0 Å². The smallest absolute Gasteiger partial charge is 0.337 e. The predicted octanol–water partition coefficient (Wildman–Crippen LogP) is 0.181. The molecule has 0 aliphatic carbocycles. The summed E-state index contributed by atoms with van der Waals surface area (Å²) in [4.78, 5) is 34.6. The van der Waals surface area contributed by atoms with Crippen LogP contribution >= 0.6 is 22.6 Å². The van der Waals surface area contributed by atoms with Gasteiger partial charge in [0, 0.05) is 7.11 Å². The molecule has 4 N–H and O–H groups in total. The Balaban J connectivity index is 4.60. The molecule has 0 saturated heterocycles. The van der Waals surface area contributed by atoms with E-state index in [1.165, 1.54) is 0 Å². The molecule has 0 rings (SSSR count). The quantitative estimate of drug-likeness (QED) is 0.517. The fourth-order valence-corrected chi connectivity index (χ4v) is 6.83. The minimum Gasteiger partial charge on any atom is -0.343 e. The van der Waals surface area contributed by atoms with Gasteiger partial charge in [0.05, 0.1) is 0 Å². The standard InChI is InChI=1S/C3H11O8P3/c1-11-14(9,10)3-12(4,5)2-13(6,7)8/h2-3H2,1H3,(H,4,5)(H,9,10)(H2,6,7,8). The molecule has 0 amide bonds. The van der Waals surface area contributed by atoms with Gasteiger partial charge in [-0.05, 0) is 0 Å². The Morgan fingerprint density at radius 1 is 1.00 bits per heavy atom. The van der Waals surface area contributed by atoms with E-state index in [1.807, 2.05) is 0 Å². The number of rotatable bonds is 5. The summed E-state index contributed by atoms with van der Waals surface area (Å²) < 4.78 is 36.3. The van der Waals surface area contributed by atoms with E-state index in [4.69, 9.17) is 19.6 Å². The first-order valence-corrected chi connectivity index (χ1v) is 8.79. The van der Waals surface area contributed by atoms with Gasteiger partial charge < -0.3 is 24.1 Å². The number of hydrogen-bond acceptors (Lipinski definition) is 4. The molecule has 0 aliphatic rings. The summed E-state index contributed by atoms with van der Waals surface area (Å²) in [7, 11) is -12.4. The predicted molar refractivity (Wildman–Crippen MR) is 48.4 cm³/mol. The summed E-state index contributed by atoms with van der Waals surface area (Å²) >= 11 is 0. The SMILES string of the molecule is COP(=O)(O)CP(=O)(O)CP(=O)(O)O. The molecule has 0 radical (unpaired) electrons. The third-order valence-corrected chi connectivity index (χ3v) is 8.10. The first-order chi connectivity index (χ1) is 5.97. The van der Waals surface area contributed by atoms with E-state index in [0.717, 1.165) is 7.11 Å². The molecular weight excluding hydrogens is 257 g/mol. The van der Waals surface area contributed by atoms with Crippen LogP contribution in [0.2, 0.25) is 0 Å². The maximum absolute atomic E-state index is 11.1. The second-order valence-corrected chi connectivity index (χ2v) is 9.54. The van der Waals surface area contributed by atoms with Crippen molar-refractivity contribution >= 4 is 22.6 Å². The van der Waals surface area contributed by atoms with Gasteiger partial charge in [0.2, 0.25) is 7.37 Å². The van der Waals surface area contributed by atoms with Gasteiger partial charge in [-0.25, -0.2) is 0 Å². The third kappa shape index (κ3) is 6.87. The molecule has 0 saturated carbocycles. The van der Waals surface area contributed by atoms with Crippen LogP contribution in [-0.2, 0) is 18.2 Å². The van der Waals surface area contributed by atoms with Gasteiger partial charge in [-0.2, -0.15) is 0 Å². The van der Waals surface area contributed by atoms with E-state index in [2.05, 4.69) is 4.52 Å². The first-order valence-electron chi connectivity index (χ1n) is 3.20. The Hall–Kier alpha value is 0.490.